The molecule has 2 rings (SSSR count). The predicted octanol–water partition coefficient (Wildman–Crippen LogP) is 3.58. The zero-order chi connectivity index (χ0) is 14.8. The Hall–Kier alpha value is -0.260. The van der Waals surface area contributed by atoms with Crippen LogP contribution in [0.5, 0.6) is 0 Å². The van der Waals surface area contributed by atoms with Crippen LogP contribution in [0.3, 0.4) is 0 Å². The van der Waals surface area contributed by atoms with E-state index in [1.807, 2.05) is 23.5 Å². The molecule has 2 atom stereocenters. The highest BCUT2D eigenvalue weighted by molar-refractivity contribution is 8.06. The van der Waals surface area contributed by atoms with Crippen LogP contribution in [0.1, 0.15) is 50.2 Å². The third kappa shape index (κ3) is 4.64. The van der Waals surface area contributed by atoms with E-state index in [0.29, 0.717) is 10.5 Å². The molecule has 0 aromatic carbocycles. The van der Waals surface area contributed by atoms with E-state index < -0.39 is 0 Å². The van der Waals surface area contributed by atoms with Gasteiger partial charge >= 0.3 is 0 Å². The van der Waals surface area contributed by atoms with E-state index in [2.05, 4.69) is 51.0 Å². The van der Waals surface area contributed by atoms with E-state index in [1.54, 1.807) is 0 Å². The largest absolute Gasteiger partial charge is 0.306 e. The molecule has 1 saturated heterocycles. The molecule has 0 amide bonds. The van der Waals surface area contributed by atoms with Crippen LogP contribution in [0, 0.1) is 6.92 Å². The fraction of sp³-hybridized carbons (Fsp3) is 0.733. The number of aromatic nitrogens is 2. The minimum absolute atomic E-state index is 0.113. The predicted molar refractivity (Wildman–Crippen MR) is 90.5 cm³/mol. The lowest BCUT2D eigenvalue weighted by molar-refractivity contribution is 0.420. The first-order chi connectivity index (χ1) is 9.35. The smallest absolute Gasteiger partial charge is 0.142 e. The normalized spacial score (nSPS) is 23.9. The maximum atomic E-state index is 4.80. The van der Waals surface area contributed by atoms with Gasteiger partial charge in [-0.3, -0.25) is 0 Å². The minimum atomic E-state index is 0.113. The van der Waals surface area contributed by atoms with Crippen molar-refractivity contribution in [2.75, 3.05) is 11.5 Å². The van der Waals surface area contributed by atoms with Crippen LogP contribution < -0.4 is 5.32 Å². The van der Waals surface area contributed by atoms with Crippen LogP contribution in [0.15, 0.2) is 6.07 Å². The van der Waals surface area contributed by atoms with Gasteiger partial charge in [0, 0.05) is 34.5 Å². The summed E-state index contributed by atoms with van der Waals surface area (Å²) in [6.45, 7) is 11.7. The average Bonchev–Trinajstić information content (AvgIpc) is 2.35. The van der Waals surface area contributed by atoms with E-state index in [0.717, 1.165) is 23.8 Å². The van der Waals surface area contributed by atoms with E-state index >= 15 is 0 Å². The molecule has 3 nitrogen and oxygen atoms in total. The van der Waals surface area contributed by atoms with Crippen molar-refractivity contribution in [3.63, 3.8) is 0 Å². The maximum absolute atomic E-state index is 4.80. The summed E-state index contributed by atoms with van der Waals surface area (Å²) >= 11 is 4.03. The van der Waals surface area contributed by atoms with Gasteiger partial charge in [0.25, 0.3) is 0 Å². The number of hydrogen-bond acceptors (Lipinski definition) is 5. The second kappa shape index (κ2) is 6.67. The van der Waals surface area contributed by atoms with Crippen LogP contribution >= 0.6 is 23.5 Å². The Bertz CT molecular complexity index is 457. The molecule has 0 radical (unpaired) electrons. The minimum Gasteiger partial charge on any atom is -0.306 e. The molecular weight excluding hydrogens is 286 g/mol. The number of rotatable bonds is 3. The van der Waals surface area contributed by atoms with Gasteiger partial charge in [0.05, 0.1) is 10.9 Å². The standard InChI is InChI=1S/C15H25N3S2/c1-10-8-12(9-16-15(3,4)5)18-14(17-10)13-11(2)19-6-7-20-13/h8,11,13,16H,6-7,9H2,1-5H3. The highest BCUT2D eigenvalue weighted by Crippen LogP contribution is 2.41. The highest BCUT2D eigenvalue weighted by atomic mass is 32.2. The van der Waals surface area contributed by atoms with E-state index in [4.69, 9.17) is 4.98 Å². The van der Waals surface area contributed by atoms with Crippen molar-refractivity contribution in [3.05, 3.63) is 23.3 Å². The molecule has 1 aromatic rings. The van der Waals surface area contributed by atoms with Gasteiger partial charge < -0.3 is 5.32 Å². The fourth-order valence-corrected chi connectivity index (χ4v) is 4.84. The molecule has 5 heteroatoms. The lowest BCUT2D eigenvalue weighted by Crippen LogP contribution is -2.35. The average molecular weight is 312 g/mol. The fourth-order valence-electron chi connectivity index (χ4n) is 2.15. The molecule has 112 valence electrons. The third-order valence-electron chi connectivity index (χ3n) is 3.17. The molecule has 1 aliphatic heterocycles. The quantitative estimate of drug-likeness (QED) is 0.923. The monoisotopic (exact) mass is 311 g/mol. The summed E-state index contributed by atoms with van der Waals surface area (Å²) in [7, 11) is 0. The van der Waals surface area contributed by atoms with Gasteiger partial charge in [-0.25, -0.2) is 9.97 Å². The molecule has 1 aliphatic rings. The Morgan fingerprint density at radius 2 is 1.95 bits per heavy atom. The molecule has 0 aliphatic carbocycles. The van der Waals surface area contributed by atoms with E-state index in [9.17, 15) is 0 Å². The molecule has 0 spiro atoms. The number of aryl methyl sites for hydroxylation is 1. The summed E-state index contributed by atoms with van der Waals surface area (Å²) in [5.74, 6) is 3.46. The Balaban J connectivity index is 2.15. The summed E-state index contributed by atoms with van der Waals surface area (Å²) in [5.41, 5.74) is 2.29. The van der Waals surface area contributed by atoms with Gasteiger partial charge in [0.2, 0.25) is 0 Å². The number of thioether (sulfide) groups is 2. The van der Waals surface area contributed by atoms with Crippen molar-refractivity contribution in [1.82, 2.24) is 15.3 Å². The van der Waals surface area contributed by atoms with Gasteiger partial charge in [-0.15, -0.1) is 11.8 Å². The molecular formula is C15H25N3S2. The van der Waals surface area contributed by atoms with Crippen molar-refractivity contribution in [1.29, 1.82) is 0 Å². The molecule has 2 heterocycles. The molecule has 1 N–H and O–H groups in total. The first kappa shape index (κ1) is 16.1. The van der Waals surface area contributed by atoms with E-state index in [-0.39, 0.29) is 5.54 Å². The second-order valence-corrected chi connectivity index (χ2v) is 9.06. The first-order valence-corrected chi connectivity index (χ1v) is 9.27. The van der Waals surface area contributed by atoms with Crippen molar-refractivity contribution in [2.24, 2.45) is 0 Å². The lowest BCUT2D eigenvalue weighted by Gasteiger charge is -2.27. The summed E-state index contributed by atoms with van der Waals surface area (Å²) in [4.78, 5) is 9.48. The Kier molecular flexibility index (Phi) is 5.37. The van der Waals surface area contributed by atoms with Gasteiger partial charge in [-0.2, -0.15) is 11.8 Å². The van der Waals surface area contributed by atoms with Crippen molar-refractivity contribution < 1.29 is 0 Å². The summed E-state index contributed by atoms with van der Waals surface area (Å²) in [6, 6.07) is 2.09. The molecule has 1 aromatic heterocycles. The van der Waals surface area contributed by atoms with Crippen molar-refractivity contribution in [2.45, 2.75) is 57.2 Å². The topological polar surface area (TPSA) is 37.8 Å². The lowest BCUT2D eigenvalue weighted by atomic mass is 10.1. The van der Waals surface area contributed by atoms with E-state index in [1.165, 1.54) is 11.5 Å². The zero-order valence-corrected chi connectivity index (χ0v) is 14.7. The highest BCUT2D eigenvalue weighted by Gasteiger charge is 2.27. The van der Waals surface area contributed by atoms with Crippen LogP contribution in [-0.2, 0) is 6.54 Å². The van der Waals surface area contributed by atoms with Gasteiger partial charge in [0.1, 0.15) is 5.82 Å². The summed E-state index contributed by atoms with van der Waals surface area (Å²) in [5, 5.41) is 4.53. The van der Waals surface area contributed by atoms with Gasteiger partial charge in [0.15, 0.2) is 0 Å². The number of nitrogens with zero attached hydrogens (tertiary/aromatic N) is 2. The Morgan fingerprint density at radius 1 is 1.25 bits per heavy atom. The Morgan fingerprint density at radius 3 is 2.60 bits per heavy atom. The summed E-state index contributed by atoms with van der Waals surface area (Å²) in [6.07, 6.45) is 0. The molecule has 2 unspecified atom stereocenters. The molecule has 20 heavy (non-hydrogen) atoms. The van der Waals surface area contributed by atoms with Crippen LogP contribution in [0.2, 0.25) is 0 Å². The van der Waals surface area contributed by atoms with Gasteiger partial charge in [-0.05, 0) is 33.8 Å². The maximum Gasteiger partial charge on any atom is 0.142 e. The zero-order valence-electron chi connectivity index (χ0n) is 13.1. The summed E-state index contributed by atoms with van der Waals surface area (Å²) < 4.78 is 0. The van der Waals surface area contributed by atoms with Crippen molar-refractivity contribution >= 4 is 23.5 Å². The number of nitrogens with one attached hydrogen (secondary N) is 1. The van der Waals surface area contributed by atoms with Crippen LogP contribution in [-0.4, -0.2) is 32.3 Å². The van der Waals surface area contributed by atoms with Crippen LogP contribution in [0.4, 0.5) is 0 Å². The third-order valence-corrected chi connectivity index (χ3v) is 6.25. The second-order valence-electron chi connectivity index (χ2n) is 6.33. The van der Waals surface area contributed by atoms with Crippen LogP contribution in [0.25, 0.3) is 0 Å². The molecule has 0 bridgehead atoms. The molecule has 0 saturated carbocycles. The number of hydrogen-bond donors (Lipinski definition) is 1. The van der Waals surface area contributed by atoms with Crippen molar-refractivity contribution in [3.8, 4) is 0 Å². The SMILES string of the molecule is Cc1cc(CNC(C)(C)C)nc(C2SCCSC2C)n1. The molecule has 1 fully saturated rings. The first-order valence-electron chi connectivity index (χ1n) is 7.18. The Labute approximate surface area is 131 Å². The van der Waals surface area contributed by atoms with Gasteiger partial charge in [-0.1, -0.05) is 6.92 Å².